The highest BCUT2D eigenvalue weighted by atomic mass is 79.9. The fourth-order valence-corrected chi connectivity index (χ4v) is 4.09. The topological polar surface area (TPSA) is 76.1 Å². The Morgan fingerprint density at radius 3 is 2.66 bits per heavy atom. The van der Waals surface area contributed by atoms with Crippen LogP contribution < -0.4 is 15.4 Å². The van der Waals surface area contributed by atoms with Crippen LogP contribution in [-0.2, 0) is 5.54 Å². The van der Waals surface area contributed by atoms with Crippen LogP contribution in [0.5, 0.6) is 5.75 Å². The summed E-state index contributed by atoms with van der Waals surface area (Å²) in [5.41, 5.74) is 1.21. The van der Waals surface area contributed by atoms with Gasteiger partial charge in [0.25, 0.3) is 5.91 Å². The molecule has 2 aromatic carbocycles. The molecule has 1 amide bonds. The molecule has 0 bridgehead atoms. The zero-order chi connectivity index (χ0) is 22.7. The van der Waals surface area contributed by atoms with Crippen LogP contribution in [0.2, 0.25) is 0 Å². The number of benzene rings is 2. The highest BCUT2D eigenvalue weighted by molar-refractivity contribution is 9.10. The predicted octanol–water partition coefficient (Wildman–Crippen LogP) is 5.42. The molecule has 1 aromatic heterocycles. The number of carbonyl (C=O) groups is 1. The first-order valence-corrected chi connectivity index (χ1v) is 10.3. The molecule has 2 aliphatic rings. The quantitative estimate of drug-likeness (QED) is 0.460. The van der Waals surface area contributed by atoms with Gasteiger partial charge < -0.3 is 15.4 Å². The van der Waals surface area contributed by atoms with Crippen LogP contribution in [0.15, 0.2) is 47.1 Å². The van der Waals surface area contributed by atoms with Crippen LogP contribution in [0.1, 0.15) is 28.8 Å². The van der Waals surface area contributed by atoms with Crippen molar-refractivity contribution in [2.75, 3.05) is 5.32 Å². The molecular formula is C21H13BrF4N4O2. The maximum atomic E-state index is 14.5. The minimum absolute atomic E-state index is 0.0711. The summed E-state index contributed by atoms with van der Waals surface area (Å²) in [6, 6.07) is 8.84. The maximum Gasteiger partial charge on any atom is 0.573 e. The normalized spacial score (nSPS) is 16.0. The van der Waals surface area contributed by atoms with Crippen molar-refractivity contribution in [3.05, 3.63) is 64.0 Å². The van der Waals surface area contributed by atoms with Gasteiger partial charge in [-0.2, -0.15) is 0 Å². The summed E-state index contributed by atoms with van der Waals surface area (Å²) in [5.74, 6) is -1.61. The van der Waals surface area contributed by atoms with E-state index < -0.39 is 17.9 Å². The van der Waals surface area contributed by atoms with Crippen molar-refractivity contribution >= 4 is 33.5 Å². The molecule has 0 saturated heterocycles. The molecule has 1 fully saturated rings. The Balaban J connectivity index is 1.49. The van der Waals surface area contributed by atoms with Gasteiger partial charge in [-0.25, -0.2) is 14.4 Å². The van der Waals surface area contributed by atoms with E-state index in [2.05, 4.69) is 41.3 Å². The minimum Gasteiger partial charge on any atom is -0.404 e. The highest BCUT2D eigenvalue weighted by Gasteiger charge is 2.52. The molecule has 1 saturated carbocycles. The number of fused-ring (bicyclic) bond motifs is 2. The number of alkyl halides is 3. The van der Waals surface area contributed by atoms with Gasteiger partial charge in [-0.05, 0) is 42.7 Å². The molecule has 0 radical (unpaired) electrons. The molecule has 1 spiro atoms. The van der Waals surface area contributed by atoms with E-state index in [1.165, 1.54) is 12.1 Å². The Bertz CT molecular complexity index is 1260. The molecule has 6 nitrogen and oxygen atoms in total. The first-order valence-electron chi connectivity index (χ1n) is 9.46. The smallest absolute Gasteiger partial charge is 0.404 e. The molecule has 0 unspecified atom stereocenters. The Morgan fingerprint density at radius 1 is 1.16 bits per heavy atom. The van der Waals surface area contributed by atoms with Gasteiger partial charge in [0.2, 0.25) is 5.95 Å². The number of ether oxygens (including phenoxy) is 1. The van der Waals surface area contributed by atoms with Gasteiger partial charge in [0.1, 0.15) is 5.69 Å². The van der Waals surface area contributed by atoms with E-state index in [1.807, 2.05) is 0 Å². The Hall–Kier alpha value is -3.21. The average Bonchev–Trinajstić information content (AvgIpc) is 3.44. The van der Waals surface area contributed by atoms with Gasteiger partial charge in [0.15, 0.2) is 11.6 Å². The molecule has 3 aromatic rings. The number of nitrogens with one attached hydrogen (secondary N) is 2. The molecule has 1 aliphatic heterocycles. The van der Waals surface area contributed by atoms with Gasteiger partial charge in [0.05, 0.1) is 17.4 Å². The van der Waals surface area contributed by atoms with E-state index in [1.54, 1.807) is 18.2 Å². The zero-order valence-corrected chi connectivity index (χ0v) is 17.6. The number of nitrogens with zero attached hydrogens (tertiary/aromatic N) is 2. The number of amides is 1. The Morgan fingerprint density at radius 2 is 1.94 bits per heavy atom. The van der Waals surface area contributed by atoms with Crippen molar-refractivity contribution < 1.29 is 27.1 Å². The summed E-state index contributed by atoms with van der Waals surface area (Å²) in [6.45, 7) is 0. The third kappa shape index (κ3) is 3.77. The number of rotatable bonds is 4. The second kappa shape index (κ2) is 7.16. The van der Waals surface area contributed by atoms with Gasteiger partial charge in [-0.15, -0.1) is 13.2 Å². The number of aromatic nitrogens is 2. The summed E-state index contributed by atoms with van der Waals surface area (Å²) in [7, 11) is 0. The van der Waals surface area contributed by atoms with Crippen molar-refractivity contribution in [1.29, 1.82) is 0 Å². The summed E-state index contributed by atoms with van der Waals surface area (Å²) >= 11 is 3.19. The largest absolute Gasteiger partial charge is 0.573 e. The molecular weight excluding hydrogens is 496 g/mol. The van der Waals surface area contributed by atoms with Crippen molar-refractivity contribution in [3.8, 4) is 17.0 Å². The Labute approximate surface area is 187 Å². The number of anilines is 2. The van der Waals surface area contributed by atoms with Gasteiger partial charge in [0, 0.05) is 15.6 Å². The van der Waals surface area contributed by atoms with E-state index in [0.717, 1.165) is 30.7 Å². The minimum atomic E-state index is -4.90. The SMILES string of the molecule is O=C1NC2(CC2)c2ccc(-c3nc(Nc4cc(Br)ccc4OC(F)(F)F)ncc3F)cc21. The molecule has 2 heterocycles. The van der Waals surface area contributed by atoms with Gasteiger partial charge in [-0.1, -0.05) is 28.1 Å². The van der Waals surface area contributed by atoms with Gasteiger partial charge in [-0.3, -0.25) is 4.79 Å². The first-order chi connectivity index (χ1) is 15.1. The van der Waals surface area contributed by atoms with Crippen LogP contribution in [0.25, 0.3) is 11.3 Å². The predicted molar refractivity (Wildman–Crippen MR) is 110 cm³/mol. The molecule has 5 rings (SSSR count). The number of hydrogen-bond donors (Lipinski definition) is 2. The van der Waals surface area contributed by atoms with Gasteiger partial charge >= 0.3 is 6.36 Å². The number of carbonyl (C=O) groups excluding carboxylic acids is 1. The van der Waals surface area contributed by atoms with Crippen LogP contribution in [0.4, 0.5) is 29.2 Å². The first kappa shape index (κ1) is 20.7. The standard InChI is InChI=1S/C21H13BrF4N4O2/c22-11-2-4-16(32-21(24,25)26)15(8-11)28-19-27-9-14(23)17(29-19)10-1-3-13-12(7-10)18(31)30-20(13)5-6-20/h1-4,7-9H,5-6H2,(H,30,31)(H,27,28,29). The lowest BCUT2D eigenvalue weighted by molar-refractivity contribution is -0.274. The van der Waals surface area contributed by atoms with E-state index in [-0.39, 0.29) is 28.8 Å². The maximum absolute atomic E-state index is 14.5. The van der Waals surface area contributed by atoms with Crippen molar-refractivity contribution in [2.24, 2.45) is 0 Å². The van der Waals surface area contributed by atoms with Crippen LogP contribution in [0, 0.1) is 5.82 Å². The lowest BCUT2D eigenvalue weighted by atomic mass is 9.99. The van der Waals surface area contributed by atoms with E-state index in [9.17, 15) is 22.4 Å². The lowest BCUT2D eigenvalue weighted by Gasteiger charge is -2.15. The van der Waals surface area contributed by atoms with Crippen molar-refractivity contribution in [2.45, 2.75) is 24.7 Å². The van der Waals surface area contributed by atoms with Crippen LogP contribution in [0.3, 0.4) is 0 Å². The van der Waals surface area contributed by atoms with Crippen molar-refractivity contribution in [1.82, 2.24) is 15.3 Å². The van der Waals surface area contributed by atoms with E-state index >= 15 is 0 Å². The summed E-state index contributed by atoms with van der Waals surface area (Å²) in [6.07, 6.45) is -2.28. The molecule has 32 heavy (non-hydrogen) atoms. The second-order valence-electron chi connectivity index (χ2n) is 7.50. The zero-order valence-electron chi connectivity index (χ0n) is 16.1. The average molecular weight is 509 g/mol. The lowest BCUT2D eigenvalue weighted by Crippen LogP contribution is -2.25. The third-order valence-electron chi connectivity index (χ3n) is 5.31. The van der Waals surface area contributed by atoms with Crippen LogP contribution >= 0.6 is 15.9 Å². The van der Waals surface area contributed by atoms with Crippen molar-refractivity contribution in [3.63, 3.8) is 0 Å². The third-order valence-corrected chi connectivity index (χ3v) is 5.81. The molecule has 1 aliphatic carbocycles. The molecule has 11 heteroatoms. The monoisotopic (exact) mass is 508 g/mol. The number of halogens is 5. The number of hydrogen-bond acceptors (Lipinski definition) is 5. The molecule has 0 atom stereocenters. The highest BCUT2D eigenvalue weighted by Crippen LogP contribution is 2.50. The summed E-state index contributed by atoms with van der Waals surface area (Å²) < 4.78 is 57.2. The second-order valence-corrected chi connectivity index (χ2v) is 8.42. The Kier molecular flexibility index (Phi) is 4.63. The molecule has 164 valence electrons. The summed E-state index contributed by atoms with van der Waals surface area (Å²) in [5, 5.41) is 5.58. The fourth-order valence-electron chi connectivity index (χ4n) is 3.73. The van der Waals surface area contributed by atoms with E-state index in [0.29, 0.717) is 15.6 Å². The summed E-state index contributed by atoms with van der Waals surface area (Å²) in [4.78, 5) is 20.3. The van der Waals surface area contributed by atoms with Crippen LogP contribution in [-0.4, -0.2) is 22.2 Å². The molecule has 2 N–H and O–H groups in total. The fraction of sp³-hybridized carbons (Fsp3) is 0.190. The van der Waals surface area contributed by atoms with E-state index in [4.69, 9.17) is 0 Å².